The summed E-state index contributed by atoms with van der Waals surface area (Å²) in [4.78, 5) is 26.1. The highest BCUT2D eigenvalue weighted by molar-refractivity contribution is 6.11. The maximum Gasteiger partial charge on any atom is 0.257 e. The van der Waals surface area contributed by atoms with E-state index in [1.807, 2.05) is 12.1 Å². The number of hydrogen-bond donors (Lipinski definition) is 1. The van der Waals surface area contributed by atoms with Crippen molar-refractivity contribution in [2.24, 2.45) is 5.18 Å². The largest absolute Gasteiger partial charge is 0.323 e. The third kappa shape index (κ3) is 1.05. The number of hydrogen-bond acceptors (Lipinski definition) is 4. The van der Waals surface area contributed by atoms with Gasteiger partial charge in [-0.05, 0) is 11.5 Å². The van der Waals surface area contributed by atoms with E-state index in [0.717, 1.165) is 10.8 Å². The summed E-state index contributed by atoms with van der Waals surface area (Å²) in [6, 6.07) is 4.53. The molecule has 1 amide bonds. The van der Waals surface area contributed by atoms with Crippen LogP contribution >= 0.6 is 0 Å². The van der Waals surface area contributed by atoms with Crippen molar-refractivity contribution in [2.45, 2.75) is 6.04 Å². The van der Waals surface area contributed by atoms with Crippen molar-refractivity contribution in [2.75, 3.05) is 5.32 Å². The zero-order valence-corrected chi connectivity index (χ0v) is 8.18. The second kappa shape index (κ2) is 3.10. The third-order valence-electron chi connectivity index (χ3n) is 2.75. The summed E-state index contributed by atoms with van der Waals surface area (Å²) in [7, 11) is 0. The number of fused-ring (bicyclic) bond motifs is 3. The Bertz CT molecular complexity index is 609. The van der Waals surface area contributed by atoms with Crippen molar-refractivity contribution in [3.05, 3.63) is 41.1 Å². The Morgan fingerprint density at radius 1 is 1.31 bits per heavy atom. The van der Waals surface area contributed by atoms with Crippen LogP contribution in [0.4, 0.5) is 5.69 Å². The van der Waals surface area contributed by atoms with E-state index in [4.69, 9.17) is 0 Å². The lowest BCUT2D eigenvalue weighted by molar-refractivity contribution is -0.116. The van der Waals surface area contributed by atoms with E-state index in [0.29, 0.717) is 11.3 Å². The molecular formula is C11H7N3O2. The number of amides is 1. The van der Waals surface area contributed by atoms with Gasteiger partial charge in [-0.2, -0.15) is 0 Å². The summed E-state index contributed by atoms with van der Waals surface area (Å²) in [5.41, 5.74) is 1.28. The molecule has 0 bridgehead atoms. The van der Waals surface area contributed by atoms with Crippen molar-refractivity contribution in [1.29, 1.82) is 0 Å². The number of carbonyl (C=O) groups is 1. The van der Waals surface area contributed by atoms with E-state index in [9.17, 15) is 9.70 Å². The number of pyridine rings is 1. The molecule has 0 aliphatic carbocycles. The number of aromatic nitrogens is 1. The monoisotopic (exact) mass is 213 g/mol. The molecule has 1 unspecified atom stereocenters. The van der Waals surface area contributed by atoms with Crippen LogP contribution in [-0.2, 0) is 4.79 Å². The van der Waals surface area contributed by atoms with Gasteiger partial charge in [0.1, 0.15) is 0 Å². The maximum atomic E-state index is 11.5. The number of nitrogens with zero attached hydrogens (tertiary/aromatic N) is 2. The number of nitroso groups, excluding NO2 is 1. The second-order valence-corrected chi connectivity index (χ2v) is 3.62. The summed E-state index contributed by atoms with van der Waals surface area (Å²) >= 11 is 0. The average molecular weight is 213 g/mol. The lowest BCUT2D eigenvalue weighted by Gasteiger charge is -2.03. The molecule has 0 saturated heterocycles. The van der Waals surface area contributed by atoms with E-state index < -0.39 is 6.04 Å². The van der Waals surface area contributed by atoms with E-state index in [2.05, 4.69) is 15.5 Å². The van der Waals surface area contributed by atoms with Crippen LogP contribution in [0.25, 0.3) is 10.8 Å². The molecule has 78 valence electrons. The van der Waals surface area contributed by atoms with Gasteiger partial charge in [-0.1, -0.05) is 17.3 Å². The first-order valence-electron chi connectivity index (χ1n) is 4.81. The Labute approximate surface area is 90.5 Å². The van der Waals surface area contributed by atoms with E-state index in [1.54, 1.807) is 18.5 Å². The van der Waals surface area contributed by atoms with Gasteiger partial charge in [0.05, 0.1) is 5.69 Å². The Kier molecular flexibility index (Phi) is 1.73. The van der Waals surface area contributed by atoms with Crippen molar-refractivity contribution >= 4 is 22.4 Å². The molecule has 16 heavy (non-hydrogen) atoms. The SMILES string of the molecule is O=NC1C(=O)Nc2c1ccc1ccncc21. The quantitative estimate of drug-likeness (QED) is 0.736. The maximum absolute atomic E-state index is 11.5. The number of nitrogens with one attached hydrogen (secondary N) is 1. The fourth-order valence-corrected chi connectivity index (χ4v) is 1.98. The van der Waals surface area contributed by atoms with Gasteiger partial charge in [0, 0.05) is 23.3 Å². The smallest absolute Gasteiger partial charge is 0.257 e. The van der Waals surface area contributed by atoms with Gasteiger partial charge in [0.25, 0.3) is 5.91 Å². The lowest BCUT2D eigenvalue weighted by Crippen LogP contribution is -2.09. The van der Waals surface area contributed by atoms with Gasteiger partial charge in [-0.3, -0.25) is 9.78 Å². The van der Waals surface area contributed by atoms with E-state index >= 15 is 0 Å². The molecule has 1 N–H and O–H groups in total. The molecule has 2 aromatic rings. The zero-order chi connectivity index (χ0) is 11.1. The summed E-state index contributed by atoms with van der Waals surface area (Å²) < 4.78 is 0. The normalized spacial score (nSPS) is 18.2. The van der Waals surface area contributed by atoms with Crippen LogP contribution in [0.2, 0.25) is 0 Å². The lowest BCUT2D eigenvalue weighted by atomic mass is 10.0. The molecule has 1 aliphatic rings. The molecule has 0 saturated carbocycles. The Morgan fingerprint density at radius 3 is 3.00 bits per heavy atom. The van der Waals surface area contributed by atoms with Crippen LogP contribution in [-0.4, -0.2) is 10.9 Å². The molecule has 0 spiro atoms. The van der Waals surface area contributed by atoms with Crippen molar-refractivity contribution in [1.82, 2.24) is 4.98 Å². The number of benzene rings is 1. The molecule has 5 nitrogen and oxygen atoms in total. The topological polar surface area (TPSA) is 71.4 Å². The Balaban J connectivity index is 2.34. The molecule has 1 aromatic carbocycles. The van der Waals surface area contributed by atoms with Crippen LogP contribution in [0, 0.1) is 4.91 Å². The molecule has 1 aromatic heterocycles. The number of carbonyl (C=O) groups excluding carboxylic acids is 1. The first-order chi connectivity index (χ1) is 7.81. The summed E-state index contributed by atoms with van der Waals surface area (Å²) in [6.07, 6.45) is 3.35. The molecule has 0 fully saturated rings. The first kappa shape index (κ1) is 8.96. The first-order valence-corrected chi connectivity index (χ1v) is 4.81. The number of rotatable bonds is 1. The fraction of sp³-hybridized carbons (Fsp3) is 0.0909. The van der Waals surface area contributed by atoms with Crippen molar-refractivity contribution in [3.8, 4) is 0 Å². The van der Waals surface area contributed by atoms with Crippen molar-refractivity contribution in [3.63, 3.8) is 0 Å². The van der Waals surface area contributed by atoms with Gasteiger partial charge < -0.3 is 5.32 Å². The third-order valence-corrected chi connectivity index (χ3v) is 2.75. The van der Waals surface area contributed by atoms with Crippen molar-refractivity contribution < 1.29 is 4.79 Å². The molecule has 5 heteroatoms. The molecular weight excluding hydrogens is 206 g/mol. The standard InChI is InChI=1S/C11H7N3O2/c15-11-10(14-16)7-2-1-6-3-4-12-5-8(6)9(7)13-11/h1-5,10H,(H,13,15). The van der Waals surface area contributed by atoms with Crippen LogP contribution < -0.4 is 5.32 Å². The fourth-order valence-electron chi connectivity index (χ4n) is 1.98. The van der Waals surface area contributed by atoms with Crippen LogP contribution in [0.5, 0.6) is 0 Å². The van der Waals surface area contributed by atoms with Gasteiger partial charge in [-0.25, -0.2) is 0 Å². The molecule has 0 radical (unpaired) electrons. The highest BCUT2D eigenvalue weighted by atomic mass is 16.3. The minimum Gasteiger partial charge on any atom is -0.323 e. The van der Waals surface area contributed by atoms with E-state index in [-0.39, 0.29) is 5.91 Å². The molecule has 1 atom stereocenters. The summed E-state index contributed by atoms with van der Waals surface area (Å²) in [6.45, 7) is 0. The van der Waals surface area contributed by atoms with Crippen LogP contribution in [0.15, 0.2) is 35.8 Å². The zero-order valence-electron chi connectivity index (χ0n) is 8.18. The van der Waals surface area contributed by atoms with Gasteiger partial charge in [0.2, 0.25) is 0 Å². The molecule has 3 rings (SSSR count). The highest BCUT2D eigenvalue weighted by Gasteiger charge is 2.32. The number of anilines is 1. The average Bonchev–Trinajstić information content (AvgIpc) is 2.65. The second-order valence-electron chi connectivity index (χ2n) is 3.62. The van der Waals surface area contributed by atoms with E-state index in [1.165, 1.54) is 0 Å². The van der Waals surface area contributed by atoms with Crippen LogP contribution in [0.3, 0.4) is 0 Å². The Hall–Kier alpha value is -2.30. The highest BCUT2D eigenvalue weighted by Crippen LogP contribution is 2.38. The van der Waals surface area contributed by atoms with Gasteiger partial charge in [-0.15, -0.1) is 4.91 Å². The summed E-state index contributed by atoms with van der Waals surface area (Å²) in [5, 5.41) is 7.31. The van der Waals surface area contributed by atoms with Gasteiger partial charge >= 0.3 is 0 Å². The predicted octanol–water partition coefficient (Wildman–Crippen LogP) is 1.99. The summed E-state index contributed by atoms with van der Waals surface area (Å²) in [5.74, 6) is -0.374. The minimum absolute atomic E-state index is 0.374. The minimum atomic E-state index is -0.931. The molecule has 2 heterocycles. The molecule has 1 aliphatic heterocycles. The predicted molar refractivity (Wildman–Crippen MR) is 58.9 cm³/mol. The Morgan fingerprint density at radius 2 is 2.19 bits per heavy atom. The van der Waals surface area contributed by atoms with Gasteiger partial charge in [0.15, 0.2) is 6.04 Å². The van der Waals surface area contributed by atoms with Crippen LogP contribution in [0.1, 0.15) is 11.6 Å².